The van der Waals surface area contributed by atoms with Crippen LogP contribution in [0.25, 0.3) is 0 Å². The van der Waals surface area contributed by atoms with E-state index >= 15 is 14.4 Å². The second-order valence-electron chi connectivity index (χ2n) is 34.9. The molecule has 12 rings (SSSR count). The van der Waals surface area contributed by atoms with Gasteiger partial charge in [0.05, 0.1) is 65.6 Å². The SMILES string of the molecule is CC1CCC2(C(=O)OC3OC(CO)C(O)C(O)C3O)CCC3(C)C(=CCC4C5(C)CC(O)C(O)C(C)(C(=O)OC6C(O)CC7(C)C(CCC8(C)C7CC=C7C9C(C(=O)OC%10OC(CO)C(O)C(O)C%10O)(CCC(C)C9(C)O)CCC78C)C6(CO)C(=O)O)C5CCC43C)C2C1(C)O. The number of allylic oxidation sites excluding steroid dienone is 2. The first-order valence-electron chi connectivity index (χ1n) is 35.6. The first kappa shape index (κ1) is 72.5. The van der Waals surface area contributed by atoms with Crippen LogP contribution in [0.15, 0.2) is 23.3 Å². The minimum absolute atomic E-state index is 0.0617. The molecule has 2 saturated heterocycles. The van der Waals surface area contributed by atoms with Crippen LogP contribution in [0.3, 0.4) is 0 Å². The Labute approximate surface area is 561 Å². The first-order valence-corrected chi connectivity index (χ1v) is 35.6. The van der Waals surface area contributed by atoms with Gasteiger partial charge in [-0.1, -0.05) is 78.7 Å². The zero-order valence-electron chi connectivity index (χ0n) is 57.7. The van der Waals surface area contributed by atoms with Gasteiger partial charge in [0.2, 0.25) is 12.6 Å². The molecule has 12 aliphatic rings. The molecule has 0 bridgehead atoms. The van der Waals surface area contributed by atoms with Gasteiger partial charge in [0, 0.05) is 11.8 Å². The Morgan fingerprint density at radius 2 is 0.896 bits per heavy atom. The molecule has 8 saturated carbocycles. The van der Waals surface area contributed by atoms with E-state index in [4.69, 9.17) is 23.7 Å². The number of fused-ring (bicyclic) bond motifs is 14. The number of aliphatic carboxylic acids is 1. The molecule has 10 aliphatic carbocycles. The number of ether oxygens (including phenoxy) is 5. The fraction of sp³-hybridized carbons (Fsp3) is 0.889. The molecular formula is C72H110O24. The van der Waals surface area contributed by atoms with Crippen LogP contribution in [-0.2, 0) is 42.9 Å². The number of esters is 3. The number of carbonyl (C=O) groups is 4. The Morgan fingerprint density at radius 3 is 1.30 bits per heavy atom. The van der Waals surface area contributed by atoms with Gasteiger partial charge in [-0.25, -0.2) is 0 Å². The number of rotatable bonds is 10. The summed E-state index contributed by atoms with van der Waals surface area (Å²) in [5.74, 6) is -8.56. The van der Waals surface area contributed by atoms with Gasteiger partial charge in [-0.2, -0.15) is 0 Å². The lowest BCUT2D eigenvalue weighted by Crippen LogP contribution is -2.73. The Morgan fingerprint density at radius 1 is 0.490 bits per heavy atom. The van der Waals surface area contributed by atoms with Crippen molar-refractivity contribution in [3.63, 3.8) is 0 Å². The van der Waals surface area contributed by atoms with Crippen LogP contribution < -0.4 is 0 Å². The van der Waals surface area contributed by atoms with Gasteiger partial charge in [0.25, 0.3) is 0 Å². The van der Waals surface area contributed by atoms with Crippen LogP contribution >= 0.6 is 0 Å². The van der Waals surface area contributed by atoms with Gasteiger partial charge in [0.1, 0.15) is 60.4 Å². The summed E-state index contributed by atoms with van der Waals surface area (Å²) >= 11 is 0. The molecule has 0 aromatic carbocycles. The monoisotopic (exact) mass is 1360 g/mol. The summed E-state index contributed by atoms with van der Waals surface area (Å²) in [7, 11) is 0. The second-order valence-corrected chi connectivity index (χ2v) is 34.9. The molecule has 0 aromatic heterocycles. The van der Waals surface area contributed by atoms with E-state index in [2.05, 4.69) is 33.8 Å². The van der Waals surface area contributed by atoms with Crippen molar-refractivity contribution in [1.29, 1.82) is 0 Å². The summed E-state index contributed by atoms with van der Waals surface area (Å²) in [4.78, 5) is 60.4. The van der Waals surface area contributed by atoms with Gasteiger partial charge in [-0.15, -0.1) is 0 Å². The van der Waals surface area contributed by atoms with E-state index in [1.807, 2.05) is 33.8 Å². The highest BCUT2D eigenvalue weighted by molar-refractivity contribution is 5.82. The third kappa shape index (κ3) is 9.33. The molecule has 10 fully saturated rings. The van der Waals surface area contributed by atoms with Crippen molar-refractivity contribution in [3.05, 3.63) is 23.3 Å². The van der Waals surface area contributed by atoms with E-state index in [1.165, 1.54) is 0 Å². The molecule has 2 heterocycles. The van der Waals surface area contributed by atoms with Crippen LogP contribution in [0.2, 0.25) is 0 Å². The zero-order valence-corrected chi connectivity index (χ0v) is 57.7. The van der Waals surface area contributed by atoms with Crippen molar-refractivity contribution in [2.45, 2.75) is 276 Å². The number of carboxylic acid groups (broad SMARTS) is 1. The maximum absolute atomic E-state index is 15.9. The van der Waals surface area contributed by atoms with Crippen molar-refractivity contribution >= 4 is 23.9 Å². The van der Waals surface area contributed by atoms with Gasteiger partial charge in [0.15, 0.2) is 0 Å². The molecule has 24 nitrogen and oxygen atoms in total. The smallest absolute Gasteiger partial charge is 0.316 e. The minimum Gasteiger partial charge on any atom is -0.481 e. The predicted octanol–water partition coefficient (Wildman–Crippen LogP) is 2.45. The highest BCUT2D eigenvalue weighted by atomic mass is 16.7. The molecular weight excluding hydrogens is 1250 g/mol. The van der Waals surface area contributed by atoms with Crippen LogP contribution in [-0.4, -0.2) is 217 Å². The van der Waals surface area contributed by atoms with Gasteiger partial charge in [-0.05, 0) is 192 Å². The standard InChI is InChI=1S/C72H110O24/c1-33-16-22-70(59(88)95-55-49(82)47(80)45(78)39(30-73)92-55)26-24-63(5)35(51(70)68(33,10)90)12-14-41-61(3)28-37(76)53(84)67(9,43(61)18-20-65(41,63)7)58(87)94-54-38(77)29-62(4)42-15-13-36-52-69(11,91)34(2)17-23-71(52,60(89)96-56-50(83)48(81)46(79)40(31-74)93-56)27-25-64(36,6)66(42,8)21-19-44(62)72(54,32-75)57(85)86/h12-13,33-34,37-56,73-84,90-91H,14-32H2,1-11H3,(H,85,86). The minimum atomic E-state index is -2.29. The normalized spacial score (nSPS) is 56.6. The van der Waals surface area contributed by atoms with Crippen molar-refractivity contribution in [3.8, 4) is 0 Å². The fourth-order valence-corrected chi connectivity index (χ4v) is 25.1. The number of carbonyl (C=O) groups excluding carboxylic acids is 3. The Balaban J connectivity index is 0.835. The zero-order chi connectivity index (χ0) is 70.6. The van der Waals surface area contributed by atoms with E-state index in [0.717, 1.165) is 11.1 Å². The van der Waals surface area contributed by atoms with Crippen LogP contribution in [0.5, 0.6) is 0 Å². The number of carboxylic acids is 1. The van der Waals surface area contributed by atoms with E-state index in [0.29, 0.717) is 70.6 Å². The maximum atomic E-state index is 15.9. The Kier molecular flexibility index (Phi) is 17.8. The number of hydrogen-bond donors (Lipinski definition) is 15. The fourth-order valence-electron chi connectivity index (χ4n) is 25.1. The molecule has 24 heteroatoms. The van der Waals surface area contributed by atoms with Crippen LogP contribution in [0.4, 0.5) is 0 Å². The van der Waals surface area contributed by atoms with Crippen molar-refractivity contribution < 1.29 is 119 Å². The molecule has 34 unspecified atom stereocenters. The highest BCUT2D eigenvalue weighted by Gasteiger charge is 2.78. The summed E-state index contributed by atoms with van der Waals surface area (Å²) in [5.41, 5.74) is -13.0. The average Bonchev–Trinajstić information content (AvgIpc) is 0.672. The second kappa shape index (κ2) is 23.6. The molecule has 15 N–H and O–H groups in total. The quantitative estimate of drug-likeness (QED) is 0.0848. The van der Waals surface area contributed by atoms with Gasteiger partial charge < -0.3 is 100 Å². The van der Waals surface area contributed by atoms with Crippen molar-refractivity contribution in [2.75, 3.05) is 19.8 Å². The highest BCUT2D eigenvalue weighted by Crippen LogP contribution is 2.79. The van der Waals surface area contributed by atoms with E-state index in [-0.39, 0.29) is 55.8 Å². The van der Waals surface area contributed by atoms with E-state index in [1.54, 1.807) is 20.8 Å². The molecule has 2 aliphatic heterocycles. The molecule has 542 valence electrons. The number of aliphatic hydroxyl groups is 14. The lowest BCUT2D eigenvalue weighted by Gasteiger charge is -2.72. The molecule has 0 amide bonds. The van der Waals surface area contributed by atoms with E-state index < -0.39 is 219 Å². The van der Waals surface area contributed by atoms with E-state index in [9.17, 15) is 81.4 Å². The number of aliphatic hydroxyl groups excluding tert-OH is 12. The summed E-state index contributed by atoms with van der Waals surface area (Å²) in [6.45, 7) is 18.9. The third-order valence-corrected chi connectivity index (χ3v) is 31.4. The lowest BCUT2D eigenvalue weighted by atomic mass is 9.32. The molecule has 96 heavy (non-hydrogen) atoms. The molecule has 0 spiro atoms. The lowest BCUT2D eigenvalue weighted by molar-refractivity contribution is -0.299. The summed E-state index contributed by atoms with van der Waals surface area (Å²) < 4.78 is 29.9. The molecule has 34 atom stereocenters. The third-order valence-electron chi connectivity index (χ3n) is 31.4. The predicted molar refractivity (Wildman–Crippen MR) is 337 cm³/mol. The average molecular weight is 1360 g/mol. The van der Waals surface area contributed by atoms with Crippen LogP contribution in [0.1, 0.15) is 179 Å². The summed E-state index contributed by atoms with van der Waals surface area (Å²) in [5, 5.41) is 171. The Hall–Kier alpha value is -3.28. The van der Waals surface area contributed by atoms with Crippen LogP contribution in [0, 0.1) is 101 Å². The van der Waals surface area contributed by atoms with Gasteiger partial charge in [-0.3, -0.25) is 19.2 Å². The number of hydrogen-bond acceptors (Lipinski definition) is 23. The van der Waals surface area contributed by atoms with Crippen molar-refractivity contribution in [1.82, 2.24) is 0 Å². The summed E-state index contributed by atoms with van der Waals surface area (Å²) in [6, 6.07) is 0. The maximum Gasteiger partial charge on any atom is 0.316 e. The van der Waals surface area contributed by atoms with Gasteiger partial charge >= 0.3 is 23.9 Å². The molecule has 0 aromatic rings. The van der Waals surface area contributed by atoms with Crippen molar-refractivity contribution in [2.24, 2.45) is 101 Å². The largest absolute Gasteiger partial charge is 0.481 e. The topological polar surface area (TPSA) is 418 Å². The molecule has 0 radical (unpaired) electrons. The Bertz CT molecular complexity index is 3130. The summed E-state index contributed by atoms with van der Waals surface area (Å²) in [6.07, 6.45) is -14.6. The first-order chi connectivity index (χ1) is 44.6.